The molecular weight excluding hydrogens is 608 g/mol. The summed E-state index contributed by atoms with van der Waals surface area (Å²) in [4.78, 5) is 36.2. The van der Waals surface area contributed by atoms with E-state index in [1.165, 1.54) is 21.9 Å². The Balaban J connectivity index is 0.961. The third-order valence-electron chi connectivity index (χ3n) is 9.89. The number of hydrogen-bond donors (Lipinski definition) is 1. The van der Waals surface area contributed by atoms with Crippen molar-refractivity contribution in [1.29, 1.82) is 0 Å². The summed E-state index contributed by atoms with van der Waals surface area (Å²) < 4.78 is 13.7. The molecule has 47 heavy (non-hydrogen) atoms. The van der Waals surface area contributed by atoms with Crippen LogP contribution in [0, 0.1) is 5.82 Å². The molecule has 0 atom stereocenters. The van der Waals surface area contributed by atoms with Crippen LogP contribution in [0.3, 0.4) is 0 Å². The van der Waals surface area contributed by atoms with E-state index in [0.29, 0.717) is 19.6 Å². The van der Waals surface area contributed by atoms with E-state index in [2.05, 4.69) is 75.8 Å². The largest absolute Gasteiger partial charge is 0.369 e. The van der Waals surface area contributed by atoms with E-state index >= 15 is 0 Å². The third kappa shape index (κ3) is 6.17. The highest BCUT2D eigenvalue weighted by Crippen LogP contribution is 2.51. The number of nitrogens with one attached hydrogen (secondary N) is 1. The molecule has 3 aliphatic rings. The quantitative estimate of drug-likeness (QED) is 0.191. The van der Waals surface area contributed by atoms with Gasteiger partial charge in [0.2, 0.25) is 5.91 Å². The molecule has 1 N–H and O–H groups in total. The molecule has 2 amide bonds. The number of nitrogens with zero attached hydrogens (tertiary/aromatic N) is 3. The molecule has 0 aliphatic carbocycles. The number of benzene rings is 4. The normalized spacial score (nSPS) is 16.9. The van der Waals surface area contributed by atoms with E-state index < -0.39 is 5.41 Å². The fraction of sp³-hybridized carbons (Fsp3) is 0.333. The molecule has 3 aliphatic heterocycles. The first-order chi connectivity index (χ1) is 23.0. The third-order valence-corrected chi connectivity index (χ3v) is 11.0. The molecule has 4 aromatic rings. The Kier molecular flexibility index (Phi) is 9.06. The summed E-state index contributed by atoms with van der Waals surface area (Å²) in [6.07, 6.45) is 2.74. The average Bonchev–Trinajstić information content (AvgIpc) is 3.40. The predicted octanol–water partition coefficient (Wildman–Crippen LogP) is 6.86. The molecule has 0 saturated carbocycles. The Morgan fingerprint density at radius 1 is 0.872 bits per heavy atom. The molecule has 1 fully saturated rings. The van der Waals surface area contributed by atoms with Crippen LogP contribution in [0.2, 0.25) is 0 Å². The summed E-state index contributed by atoms with van der Waals surface area (Å²) >= 11 is 1.76. The summed E-state index contributed by atoms with van der Waals surface area (Å²) in [6.45, 7) is 8.27. The Bertz CT molecular complexity index is 1740. The van der Waals surface area contributed by atoms with Crippen LogP contribution in [0.4, 0.5) is 10.1 Å². The molecule has 6 nitrogen and oxygen atoms in total. The monoisotopic (exact) mass is 648 g/mol. The molecule has 0 radical (unpaired) electrons. The van der Waals surface area contributed by atoms with Crippen molar-refractivity contribution in [1.82, 2.24) is 15.1 Å². The van der Waals surface area contributed by atoms with Crippen LogP contribution in [0.1, 0.15) is 58.8 Å². The number of carbonyl (C=O) groups is 2. The second-order valence-corrected chi connectivity index (χ2v) is 13.9. The van der Waals surface area contributed by atoms with Gasteiger partial charge in [0, 0.05) is 66.9 Å². The molecule has 0 spiro atoms. The lowest BCUT2D eigenvalue weighted by Crippen LogP contribution is -2.47. The van der Waals surface area contributed by atoms with Gasteiger partial charge in [-0.1, -0.05) is 72.8 Å². The van der Waals surface area contributed by atoms with Gasteiger partial charge < -0.3 is 15.1 Å². The molecule has 8 heteroatoms. The maximum Gasteiger partial charge on any atom is 0.254 e. The lowest BCUT2D eigenvalue weighted by Gasteiger charge is -2.40. The van der Waals surface area contributed by atoms with Gasteiger partial charge in [0.05, 0.1) is 0 Å². The summed E-state index contributed by atoms with van der Waals surface area (Å²) in [6, 6.07) is 29.5. The number of unbranched alkanes of at least 4 members (excludes halogenated alkanes) is 1. The fourth-order valence-corrected chi connectivity index (χ4v) is 8.74. The van der Waals surface area contributed by atoms with Crippen LogP contribution in [0.15, 0.2) is 101 Å². The van der Waals surface area contributed by atoms with Crippen LogP contribution >= 0.6 is 11.8 Å². The predicted molar refractivity (Wildman–Crippen MR) is 185 cm³/mol. The standard InChI is InChI=1S/C39H41FN4O2S/c1-2-41-38(46)39(33-12-3-5-14-35(33)47-36-15-6-4-13-34(36)39)18-7-8-19-42-20-22-43(23-21-42)31-17-16-29-27-44(37(45)32(29)25-31)26-28-10-9-11-30(40)24-28/h3-6,9-17,24-25H,2,7-8,18-23,26-27H2,1H3,(H,41,46). The molecule has 4 aromatic carbocycles. The minimum atomic E-state index is -0.689. The van der Waals surface area contributed by atoms with Gasteiger partial charge in [0.1, 0.15) is 11.2 Å². The van der Waals surface area contributed by atoms with E-state index in [0.717, 1.165) is 85.5 Å². The maximum atomic E-state index is 13.9. The van der Waals surface area contributed by atoms with E-state index in [4.69, 9.17) is 0 Å². The van der Waals surface area contributed by atoms with Crippen molar-refractivity contribution in [2.45, 2.75) is 54.5 Å². The number of fused-ring (bicyclic) bond motifs is 3. The average molecular weight is 649 g/mol. The number of hydrogen-bond acceptors (Lipinski definition) is 5. The first-order valence-electron chi connectivity index (χ1n) is 16.8. The summed E-state index contributed by atoms with van der Waals surface area (Å²) in [5.74, 6) is -0.174. The van der Waals surface area contributed by atoms with E-state index in [1.807, 2.05) is 19.1 Å². The molecule has 0 aromatic heterocycles. The van der Waals surface area contributed by atoms with Crippen molar-refractivity contribution in [3.63, 3.8) is 0 Å². The van der Waals surface area contributed by atoms with E-state index in [-0.39, 0.29) is 17.6 Å². The Labute approximate surface area is 281 Å². The van der Waals surface area contributed by atoms with Crippen LogP contribution < -0.4 is 10.2 Å². The van der Waals surface area contributed by atoms with Gasteiger partial charge in [0.25, 0.3) is 5.91 Å². The van der Waals surface area contributed by atoms with Gasteiger partial charge >= 0.3 is 0 Å². The van der Waals surface area contributed by atoms with Crippen LogP contribution in [0.25, 0.3) is 0 Å². The molecule has 0 bridgehead atoms. The number of amides is 2. The fourth-order valence-electron chi connectivity index (χ4n) is 7.50. The van der Waals surface area contributed by atoms with Crippen LogP contribution in [-0.2, 0) is 23.3 Å². The van der Waals surface area contributed by atoms with Crippen molar-refractivity contribution in [2.24, 2.45) is 0 Å². The van der Waals surface area contributed by atoms with Gasteiger partial charge in [-0.15, -0.1) is 0 Å². The minimum Gasteiger partial charge on any atom is -0.369 e. The van der Waals surface area contributed by atoms with Crippen molar-refractivity contribution in [3.05, 3.63) is 125 Å². The van der Waals surface area contributed by atoms with Crippen LogP contribution in [-0.4, -0.2) is 60.9 Å². The molecule has 3 heterocycles. The topological polar surface area (TPSA) is 55.9 Å². The number of piperazine rings is 1. The van der Waals surface area contributed by atoms with E-state index in [1.54, 1.807) is 22.7 Å². The Hall–Kier alpha value is -4.14. The number of anilines is 1. The number of carbonyl (C=O) groups excluding carboxylic acids is 2. The van der Waals surface area contributed by atoms with Gasteiger partial charge in [0.15, 0.2) is 0 Å². The Morgan fingerprint density at radius 2 is 1.60 bits per heavy atom. The van der Waals surface area contributed by atoms with Crippen molar-refractivity contribution in [2.75, 3.05) is 44.2 Å². The lowest BCUT2D eigenvalue weighted by molar-refractivity contribution is -0.125. The lowest BCUT2D eigenvalue weighted by atomic mass is 9.69. The van der Waals surface area contributed by atoms with E-state index in [9.17, 15) is 14.0 Å². The second-order valence-electron chi connectivity index (χ2n) is 12.8. The minimum absolute atomic E-state index is 0.0111. The highest BCUT2D eigenvalue weighted by Gasteiger charge is 2.46. The van der Waals surface area contributed by atoms with Crippen molar-refractivity contribution < 1.29 is 14.0 Å². The zero-order valence-electron chi connectivity index (χ0n) is 26.9. The highest BCUT2D eigenvalue weighted by molar-refractivity contribution is 7.99. The molecule has 0 unspecified atom stereocenters. The number of halogens is 1. The first kappa shape index (κ1) is 31.5. The number of likely N-dealkylation sites (N-methyl/N-ethyl adjacent to an activating group) is 1. The molecule has 242 valence electrons. The van der Waals surface area contributed by atoms with Crippen LogP contribution in [0.5, 0.6) is 0 Å². The maximum absolute atomic E-state index is 13.9. The molecular formula is C39H41FN4O2S. The summed E-state index contributed by atoms with van der Waals surface area (Å²) in [5.41, 5.74) is 5.22. The second kappa shape index (κ2) is 13.5. The SMILES string of the molecule is CCNC(=O)C1(CCCCN2CCN(c3ccc4c(c3)C(=O)N(Cc3cccc(F)c3)C4)CC2)c2ccccc2Sc2ccccc21. The van der Waals surface area contributed by atoms with Gasteiger partial charge in [-0.05, 0) is 85.0 Å². The van der Waals surface area contributed by atoms with Crippen molar-refractivity contribution >= 4 is 29.3 Å². The zero-order chi connectivity index (χ0) is 32.4. The van der Waals surface area contributed by atoms with Crippen molar-refractivity contribution in [3.8, 4) is 0 Å². The Morgan fingerprint density at radius 3 is 2.30 bits per heavy atom. The zero-order valence-corrected chi connectivity index (χ0v) is 27.7. The van der Waals surface area contributed by atoms with Gasteiger partial charge in [-0.2, -0.15) is 0 Å². The first-order valence-corrected chi connectivity index (χ1v) is 17.6. The highest BCUT2D eigenvalue weighted by atomic mass is 32.2. The van der Waals surface area contributed by atoms with Gasteiger partial charge in [-0.25, -0.2) is 4.39 Å². The smallest absolute Gasteiger partial charge is 0.254 e. The molecule has 7 rings (SSSR count). The van der Waals surface area contributed by atoms with Gasteiger partial charge in [-0.3, -0.25) is 14.5 Å². The molecule has 1 saturated heterocycles. The summed E-state index contributed by atoms with van der Waals surface area (Å²) in [5, 5.41) is 3.18. The number of rotatable bonds is 10. The summed E-state index contributed by atoms with van der Waals surface area (Å²) in [7, 11) is 0.